The summed E-state index contributed by atoms with van der Waals surface area (Å²) in [6.07, 6.45) is 4.36. The Labute approximate surface area is 206 Å². The Kier molecular flexibility index (Phi) is 8.59. The fourth-order valence-electron chi connectivity index (χ4n) is 5.15. The highest BCUT2D eigenvalue weighted by Gasteiger charge is 2.34. The lowest BCUT2D eigenvalue weighted by atomic mass is 9.91. The number of carbonyl (C=O) groups excluding carboxylic acids is 2. The maximum Gasteiger partial charge on any atom is 0.315 e. The summed E-state index contributed by atoms with van der Waals surface area (Å²) in [7, 11) is 0. The zero-order chi connectivity index (χ0) is 24.5. The van der Waals surface area contributed by atoms with Crippen LogP contribution in [0.4, 0.5) is 4.79 Å². The molecule has 1 aliphatic carbocycles. The van der Waals surface area contributed by atoms with Gasteiger partial charge in [-0.15, -0.1) is 0 Å². The number of carbonyl (C=O) groups is 2. The van der Waals surface area contributed by atoms with Gasteiger partial charge in [-0.2, -0.15) is 0 Å². The van der Waals surface area contributed by atoms with Crippen LogP contribution in [0.25, 0.3) is 10.4 Å². The second-order valence-corrected chi connectivity index (χ2v) is 9.15. The predicted octanol–water partition coefficient (Wildman–Crippen LogP) is 4.17. The Morgan fingerprint density at radius 1 is 0.943 bits per heavy atom. The van der Waals surface area contributed by atoms with Gasteiger partial charge in [-0.3, -0.25) is 9.69 Å². The molecule has 4 rings (SSSR count). The molecular weight excluding hydrogens is 442 g/mol. The van der Waals surface area contributed by atoms with Crippen molar-refractivity contribution in [2.75, 3.05) is 32.7 Å². The molecule has 0 unspecified atom stereocenters. The van der Waals surface area contributed by atoms with Crippen LogP contribution < -0.4 is 10.6 Å². The van der Waals surface area contributed by atoms with E-state index in [4.69, 9.17) is 5.53 Å². The molecule has 9 heteroatoms. The number of hydrogen-bond donors (Lipinski definition) is 2. The maximum absolute atomic E-state index is 13.1. The fourth-order valence-corrected chi connectivity index (χ4v) is 5.15. The van der Waals surface area contributed by atoms with Crippen LogP contribution in [0, 0.1) is 0 Å². The molecule has 1 aliphatic heterocycles. The average molecular weight is 476 g/mol. The predicted molar refractivity (Wildman–Crippen MR) is 134 cm³/mol. The van der Waals surface area contributed by atoms with E-state index in [9.17, 15) is 9.59 Å². The third kappa shape index (κ3) is 6.53. The van der Waals surface area contributed by atoms with E-state index < -0.39 is 0 Å². The van der Waals surface area contributed by atoms with Gasteiger partial charge >= 0.3 is 6.03 Å². The van der Waals surface area contributed by atoms with Gasteiger partial charge in [0.1, 0.15) is 6.54 Å². The Balaban J connectivity index is 1.57. The second kappa shape index (κ2) is 12.2. The number of benzene rings is 2. The molecule has 35 heavy (non-hydrogen) atoms. The van der Waals surface area contributed by atoms with Crippen molar-refractivity contribution < 1.29 is 9.59 Å². The van der Waals surface area contributed by atoms with Gasteiger partial charge in [0.15, 0.2) is 0 Å². The minimum Gasteiger partial charge on any atom is -0.340 e. The van der Waals surface area contributed by atoms with Gasteiger partial charge in [0.05, 0.1) is 12.1 Å². The van der Waals surface area contributed by atoms with Crippen molar-refractivity contribution in [3.63, 3.8) is 0 Å². The lowest BCUT2D eigenvalue weighted by molar-refractivity contribution is -0.131. The molecule has 2 fully saturated rings. The molecule has 2 aliphatic rings. The largest absolute Gasteiger partial charge is 0.340 e. The minimum atomic E-state index is -0.273. The highest BCUT2D eigenvalue weighted by atomic mass is 16.2. The monoisotopic (exact) mass is 475 g/mol. The lowest BCUT2D eigenvalue weighted by Crippen LogP contribution is -2.53. The summed E-state index contributed by atoms with van der Waals surface area (Å²) >= 11 is 0. The highest BCUT2D eigenvalue weighted by Crippen LogP contribution is 2.35. The minimum absolute atomic E-state index is 0.109. The average Bonchev–Trinajstić information content (AvgIpc) is 3.41. The molecular formula is C26H33N7O2. The molecule has 0 radical (unpaired) electrons. The molecule has 0 spiro atoms. The Morgan fingerprint density at radius 2 is 1.54 bits per heavy atom. The fraction of sp³-hybridized carbons (Fsp3) is 0.462. The summed E-state index contributed by atoms with van der Waals surface area (Å²) in [5.41, 5.74) is 10.7. The molecule has 0 aromatic heterocycles. The van der Waals surface area contributed by atoms with Crippen LogP contribution in [-0.2, 0) is 4.79 Å². The molecule has 184 valence electrons. The SMILES string of the molecule is [N-]=[N+]=NCC(=O)N1CCN([C@@H](c2ccccc2)[C@H](NC(=O)NC2CCCC2)c2ccccc2)CC1. The first-order chi connectivity index (χ1) is 17.2. The van der Waals surface area contributed by atoms with E-state index in [-0.39, 0.29) is 36.6 Å². The van der Waals surface area contributed by atoms with Crippen molar-refractivity contribution in [3.05, 3.63) is 82.2 Å². The van der Waals surface area contributed by atoms with Crippen molar-refractivity contribution in [3.8, 4) is 0 Å². The Hall–Kier alpha value is -3.55. The molecule has 1 heterocycles. The third-order valence-corrected chi connectivity index (χ3v) is 6.92. The summed E-state index contributed by atoms with van der Waals surface area (Å²) < 4.78 is 0. The van der Waals surface area contributed by atoms with Gasteiger partial charge in [0.25, 0.3) is 0 Å². The number of piperazine rings is 1. The van der Waals surface area contributed by atoms with Gasteiger partial charge in [0, 0.05) is 37.1 Å². The number of nitrogens with zero attached hydrogens (tertiary/aromatic N) is 5. The number of azide groups is 1. The molecule has 1 saturated carbocycles. The van der Waals surface area contributed by atoms with Crippen molar-refractivity contribution in [2.45, 2.75) is 43.8 Å². The van der Waals surface area contributed by atoms with E-state index in [0.717, 1.165) is 36.8 Å². The molecule has 9 nitrogen and oxygen atoms in total. The summed E-state index contributed by atoms with van der Waals surface area (Å²) in [4.78, 5) is 32.2. The zero-order valence-corrected chi connectivity index (χ0v) is 19.9. The lowest BCUT2D eigenvalue weighted by Gasteiger charge is -2.43. The van der Waals surface area contributed by atoms with Crippen LogP contribution in [0.5, 0.6) is 0 Å². The van der Waals surface area contributed by atoms with E-state index in [2.05, 4.69) is 49.8 Å². The molecule has 2 atom stereocenters. The van der Waals surface area contributed by atoms with Crippen molar-refractivity contribution in [1.82, 2.24) is 20.4 Å². The first-order valence-electron chi connectivity index (χ1n) is 12.4. The van der Waals surface area contributed by atoms with E-state index in [1.165, 1.54) is 0 Å². The van der Waals surface area contributed by atoms with Crippen LogP contribution in [0.15, 0.2) is 65.8 Å². The number of rotatable bonds is 8. The molecule has 2 N–H and O–H groups in total. The molecule has 3 amide bonds. The van der Waals surface area contributed by atoms with Gasteiger partial charge in [-0.25, -0.2) is 4.79 Å². The molecule has 1 saturated heterocycles. The van der Waals surface area contributed by atoms with E-state index in [1.807, 2.05) is 36.4 Å². The number of urea groups is 1. The highest BCUT2D eigenvalue weighted by molar-refractivity contribution is 5.78. The van der Waals surface area contributed by atoms with E-state index >= 15 is 0 Å². The van der Waals surface area contributed by atoms with Crippen molar-refractivity contribution in [2.24, 2.45) is 5.11 Å². The zero-order valence-electron chi connectivity index (χ0n) is 19.9. The van der Waals surface area contributed by atoms with Gasteiger partial charge in [-0.1, -0.05) is 78.6 Å². The van der Waals surface area contributed by atoms with Crippen LogP contribution in [0.2, 0.25) is 0 Å². The summed E-state index contributed by atoms with van der Waals surface area (Å²) in [5, 5.41) is 9.87. The first-order valence-corrected chi connectivity index (χ1v) is 12.4. The van der Waals surface area contributed by atoms with Crippen LogP contribution in [-0.4, -0.2) is 60.5 Å². The Morgan fingerprint density at radius 3 is 2.14 bits per heavy atom. The van der Waals surface area contributed by atoms with E-state index in [1.54, 1.807) is 4.90 Å². The standard InChI is InChI=1S/C26H33N7O2/c27-31-28-19-23(34)32-15-17-33(18-16-32)25(21-11-5-2-6-12-21)24(20-9-3-1-4-10-20)30-26(35)29-22-13-7-8-14-22/h1-6,9-12,22,24-25H,7-8,13-19H2,(H2,29,30,35)/t24-,25+/m1/s1. The van der Waals surface area contributed by atoms with Crippen molar-refractivity contribution in [1.29, 1.82) is 0 Å². The molecule has 0 bridgehead atoms. The van der Waals surface area contributed by atoms with Gasteiger partial charge in [0.2, 0.25) is 5.91 Å². The quantitative estimate of drug-likeness (QED) is 0.339. The molecule has 2 aromatic rings. The second-order valence-electron chi connectivity index (χ2n) is 9.15. The normalized spacial score (nSPS) is 18.3. The smallest absolute Gasteiger partial charge is 0.315 e. The summed E-state index contributed by atoms with van der Waals surface area (Å²) in [6.45, 7) is 2.22. The van der Waals surface area contributed by atoms with Crippen LogP contribution >= 0.6 is 0 Å². The van der Waals surface area contributed by atoms with Crippen LogP contribution in [0.3, 0.4) is 0 Å². The summed E-state index contributed by atoms with van der Waals surface area (Å²) in [6, 6.07) is 20.0. The third-order valence-electron chi connectivity index (χ3n) is 6.92. The number of nitrogens with one attached hydrogen (secondary N) is 2. The maximum atomic E-state index is 13.1. The number of amides is 3. The van der Waals surface area contributed by atoms with Gasteiger partial charge in [-0.05, 0) is 29.5 Å². The Bertz CT molecular complexity index is 1010. The number of hydrogen-bond acceptors (Lipinski definition) is 4. The van der Waals surface area contributed by atoms with Crippen LogP contribution in [0.1, 0.15) is 48.9 Å². The topological polar surface area (TPSA) is 113 Å². The van der Waals surface area contributed by atoms with Gasteiger partial charge < -0.3 is 15.5 Å². The van der Waals surface area contributed by atoms with E-state index in [0.29, 0.717) is 26.2 Å². The molecule has 2 aromatic carbocycles. The summed E-state index contributed by atoms with van der Waals surface area (Å²) in [5.74, 6) is -0.160. The first kappa shape index (κ1) is 24.6. The van der Waals surface area contributed by atoms with Crippen molar-refractivity contribution >= 4 is 11.9 Å².